The van der Waals surface area contributed by atoms with Crippen molar-refractivity contribution >= 4 is 23.6 Å². The first-order chi connectivity index (χ1) is 16.3. The van der Waals surface area contributed by atoms with Crippen LogP contribution in [0.4, 0.5) is 26.3 Å². The van der Waals surface area contributed by atoms with Crippen LogP contribution >= 0.6 is 0 Å². The fourth-order valence-corrected chi connectivity index (χ4v) is 2.93. The Morgan fingerprint density at radius 3 is 1.32 bits per heavy atom. The number of alkyl halides is 6. The lowest BCUT2D eigenvalue weighted by molar-refractivity contribution is -0.266. The summed E-state index contributed by atoms with van der Waals surface area (Å²) >= 11 is 0. The van der Waals surface area contributed by atoms with Crippen LogP contribution in [-0.4, -0.2) is 93.1 Å². The molecule has 0 aromatic rings. The molecule has 1 amide bonds. The third-order valence-electron chi connectivity index (χ3n) is 4.92. The number of aliphatic carboxylic acids is 2. The van der Waals surface area contributed by atoms with Gasteiger partial charge in [-0.15, -0.1) is 0 Å². The van der Waals surface area contributed by atoms with Gasteiger partial charge in [0.2, 0.25) is 5.60 Å². The number of nitrogens with one attached hydrogen (secondary N) is 2. The molecule has 2 aliphatic heterocycles. The molecule has 2 rings (SSSR count). The molecule has 0 spiro atoms. The summed E-state index contributed by atoms with van der Waals surface area (Å²) in [7, 11) is 0. The summed E-state index contributed by atoms with van der Waals surface area (Å²) in [6.45, 7) is 5.38. The van der Waals surface area contributed by atoms with E-state index in [9.17, 15) is 45.5 Å². The number of hydrogen-bond acceptors (Lipinski definition) is 9. The van der Waals surface area contributed by atoms with Crippen LogP contribution in [-0.2, 0) is 28.7 Å². The van der Waals surface area contributed by atoms with Gasteiger partial charge in [0.25, 0.3) is 11.5 Å². The minimum absolute atomic E-state index is 0.529. The number of carboxylic acids is 2. The van der Waals surface area contributed by atoms with Crippen LogP contribution in [0.2, 0.25) is 0 Å². The van der Waals surface area contributed by atoms with Crippen LogP contribution in [0.25, 0.3) is 0 Å². The molecule has 37 heavy (non-hydrogen) atoms. The molecule has 0 bridgehead atoms. The first-order valence-corrected chi connectivity index (χ1v) is 10.2. The number of carbonyl (C=O) groups is 4. The van der Waals surface area contributed by atoms with Gasteiger partial charge >= 0.3 is 24.3 Å². The molecule has 2 heterocycles. The lowest BCUT2D eigenvalue weighted by Crippen LogP contribution is -2.58. The van der Waals surface area contributed by atoms with Crippen LogP contribution in [0.5, 0.6) is 0 Å². The van der Waals surface area contributed by atoms with Gasteiger partial charge in [0.1, 0.15) is 11.4 Å². The van der Waals surface area contributed by atoms with Gasteiger partial charge in [-0.2, -0.15) is 26.3 Å². The molecule has 0 aromatic carbocycles. The number of Topliss-reactive ketones (excluding diaryl/α,β-unsaturated/α-hetero) is 1. The summed E-state index contributed by atoms with van der Waals surface area (Å²) in [4.78, 5) is 41.2. The maximum Gasteiger partial charge on any atom is 0.427 e. The number of aliphatic hydroxyl groups excluding tert-OH is 1. The summed E-state index contributed by atoms with van der Waals surface area (Å²) in [5.41, 5.74) is -3.20. The Morgan fingerprint density at radius 1 is 0.865 bits per heavy atom. The second-order valence-corrected chi connectivity index (χ2v) is 8.95. The monoisotopic (exact) mass is 557 g/mol. The fraction of sp³-hybridized carbons (Fsp3) is 0.789. The van der Waals surface area contributed by atoms with E-state index in [1.54, 1.807) is 0 Å². The lowest BCUT2D eigenvalue weighted by atomic mass is 9.99. The number of ketones is 1. The van der Waals surface area contributed by atoms with E-state index in [0.29, 0.717) is 0 Å². The van der Waals surface area contributed by atoms with Crippen molar-refractivity contribution in [3.8, 4) is 0 Å². The van der Waals surface area contributed by atoms with Crippen LogP contribution < -0.4 is 16.4 Å². The van der Waals surface area contributed by atoms with Crippen molar-refractivity contribution in [2.75, 3.05) is 13.1 Å². The highest BCUT2D eigenvalue weighted by atomic mass is 19.4. The van der Waals surface area contributed by atoms with E-state index in [1.807, 2.05) is 0 Å². The van der Waals surface area contributed by atoms with Crippen molar-refractivity contribution in [2.45, 2.75) is 82.1 Å². The summed E-state index contributed by atoms with van der Waals surface area (Å²) in [5.74, 6) is -5.39. The Labute approximate surface area is 206 Å². The number of rotatable bonds is 5. The Hall–Kier alpha value is -2.54. The van der Waals surface area contributed by atoms with Crippen molar-refractivity contribution < 1.29 is 70.3 Å². The Bertz CT molecular complexity index is 824. The Morgan fingerprint density at radius 2 is 1.22 bits per heavy atom. The number of primary amides is 1. The minimum Gasteiger partial charge on any atom is -0.481 e. The summed E-state index contributed by atoms with van der Waals surface area (Å²) in [5, 5.41) is 29.1. The Kier molecular flexibility index (Phi) is 10.7. The highest BCUT2D eigenvalue weighted by Crippen LogP contribution is 2.41. The van der Waals surface area contributed by atoms with E-state index in [4.69, 9.17) is 25.8 Å². The summed E-state index contributed by atoms with van der Waals surface area (Å²) in [6, 6.07) is 0. The molecule has 2 saturated heterocycles. The van der Waals surface area contributed by atoms with Gasteiger partial charge in [-0.25, -0.2) is 4.79 Å². The molecule has 216 valence electrons. The molecule has 0 aliphatic carbocycles. The van der Waals surface area contributed by atoms with Gasteiger partial charge in [0, 0.05) is 13.1 Å². The Balaban J connectivity index is 0.000000541. The average Bonchev–Trinajstić information content (AvgIpc) is 3.19. The second kappa shape index (κ2) is 11.5. The van der Waals surface area contributed by atoms with Crippen molar-refractivity contribution in [2.24, 2.45) is 5.73 Å². The third kappa shape index (κ3) is 8.77. The van der Waals surface area contributed by atoms with Crippen LogP contribution in [0.1, 0.15) is 41.0 Å². The highest BCUT2D eigenvalue weighted by molar-refractivity contribution is 5.87. The van der Waals surface area contributed by atoms with Gasteiger partial charge in [0.15, 0.2) is 11.9 Å². The second-order valence-electron chi connectivity index (χ2n) is 8.95. The topological polar surface area (TPSA) is 198 Å². The number of carbonyl (C=O) groups excluding carboxylic acids is 2. The predicted molar refractivity (Wildman–Crippen MR) is 110 cm³/mol. The maximum atomic E-state index is 12.6. The van der Waals surface area contributed by atoms with Crippen molar-refractivity contribution in [3.05, 3.63) is 0 Å². The van der Waals surface area contributed by atoms with Gasteiger partial charge in [-0.05, 0) is 34.6 Å². The fourth-order valence-electron chi connectivity index (χ4n) is 2.93. The molecule has 18 heteroatoms. The number of nitrogens with two attached hydrogens (primary N) is 1. The first-order valence-electron chi connectivity index (χ1n) is 10.2. The molecule has 0 saturated carbocycles. The van der Waals surface area contributed by atoms with Crippen molar-refractivity contribution in [3.63, 3.8) is 0 Å². The minimum atomic E-state index is -4.81. The van der Waals surface area contributed by atoms with Gasteiger partial charge in [0.05, 0.1) is 6.42 Å². The zero-order valence-corrected chi connectivity index (χ0v) is 20.3. The predicted octanol–water partition coefficient (Wildman–Crippen LogP) is 0.268. The van der Waals surface area contributed by atoms with Crippen LogP contribution in [0, 0.1) is 0 Å². The number of ether oxygens (including phenoxy) is 2. The van der Waals surface area contributed by atoms with E-state index in [1.165, 1.54) is 27.7 Å². The van der Waals surface area contributed by atoms with E-state index in [2.05, 4.69) is 15.4 Å². The number of carboxylic acid groups (broad SMARTS) is 2. The molecule has 2 aliphatic rings. The first kappa shape index (κ1) is 34.5. The molecular weight excluding hydrogens is 528 g/mol. The normalized spacial score (nSPS) is 27.1. The maximum absolute atomic E-state index is 12.6. The zero-order chi connectivity index (χ0) is 29.8. The standard InChI is InChI=1S/C8H12F3NO2.C7H11F3N2O2.C4H6O5/c1-5(13)7(8(9,10)11)4-12-6(2,3)14-7;1-5(2)12-3-6(14-5,4(11)13)7(8,9)10;5-2(4(8)9)1-3(6)7/h12H,4H2,1-3H3;12H,3H2,1-2H3,(H2,11,13);2,5H,1H2,(H,6,7)(H,8,9)/t7-;6-;2-/m111/s1. The molecule has 7 N–H and O–H groups in total. The third-order valence-corrected chi connectivity index (χ3v) is 4.92. The largest absolute Gasteiger partial charge is 0.481 e. The molecule has 0 aromatic heterocycles. The quantitative estimate of drug-likeness (QED) is 0.254. The molecular formula is C19H29F6N3O9. The van der Waals surface area contributed by atoms with Gasteiger partial charge in [-0.3, -0.25) is 25.0 Å². The smallest absolute Gasteiger partial charge is 0.427 e. The number of aliphatic hydroxyl groups is 1. The molecule has 0 radical (unpaired) electrons. The SMILES string of the molecule is CC(=O)[C@@]1(C(F)(F)F)CNC(C)(C)O1.CC1(C)NC[C@@](C(N)=O)(C(F)(F)F)O1.O=C(O)C[C@@H](O)C(=O)O. The molecule has 12 nitrogen and oxygen atoms in total. The highest BCUT2D eigenvalue weighted by Gasteiger charge is 2.66. The lowest BCUT2D eigenvalue weighted by Gasteiger charge is -2.29. The number of halogens is 6. The van der Waals surface area contributed by atoms with Gasteiger partial charge < -0.3 is 30.5 Å². The zero-order valence-electron chi connectivity index (χ0n) is 20.3. The van der Waals surface area contributed by atoms with Crippen LogP contribution in [0.15, 0.2) is 0 Å². The number of amides is 1. The number of hydrogen-bond donors (Lipinski definition) is 6. The van der Waals surface area contributed by atoms with E-state index < -0.39 is 84.2 Å². The van der Waals surface area contributed by atoms with E-state index in [0.717, 1.165) is 6.92 Å². The molecule has 0 unspecified atom stereocenters. The summed E-state index contributed by atoms with van der Waals surface area (Å²) < 4.78 is 84.9. The molecule has 2 fully saturated rings. The van der Waals surface area contributed by atoms with Crippen molar-refractivity contribution in [1.82, 2.24) is 10.6 Å². The van der Waals surface area contributed by atoms with Crippen molar-refractivity contribution in [1.29, 1.82) is 0 Å². The van der Waals surface area contributed by atoms with Gasteiger partial charge in [-0.1, -0.05) is 0 Å². The molecule has 3 atom stereocenters. The summed E-state index contributed by atoms with van der Waals surface area (Å²) in [6.07, 6.45) is -12.0. The van der Waals surface area contributed by atoms with Crippen LogP contribution in [0.3, 0.4) is 0 Å². The average molecular weight is 557 g/mol. The van der Waals surface area contributed by atoms with E-state index in [-0.39, 0.29) is 0 Å². The van der Waals surface area contributed by atoms with E-state index >= 15 is 0 Å².